The number of hydrogen-bond donors (Lipinski definition) is 2. The number of hydrogen-bond acceptors (Lipinski definition) is 2. The summed E-state index contributed by atoms with van der Waals surface area (Å²) in [6.07, 6.45) is 2.58. The molecule has 0 amide bonds. The largest absolute Gasteiger partial charge is 0.389 e. The second kappa shape index (κ2) is 4.70. The van der Waals surface area contributed by atoms with E-state index in [1.54, 1.807) is 13.0 Å². The Kier molecular flexibility index (Phi) is 3.45. The van der Waals surface area contributed by atoms with Crippen LogP contribution in [0, 0.1) is 11.6 Å². The molecule has 2 nitrogen and oxygen atoms in total. The minimum absolute atomic E-state index is 0.299. The highest BCUT2D eigenvalue weighted by molar-refractivity contribution is 5.22. The SMILES string of the molecule is CC(NCC1(O)CCC1)c1cccc(F)c1F. The lowest BCUT2D eigenvalue weighted by atomic mass is 9.80. The summed E-state index contributed by atoms with van der Waals surface area (Å²) < 4.78 is 26.5. The molecular weight excluding hydrogens is 224 g/mol. The normalized spacial score (nSPS) is 19.8. The topological polar surface area (TPSA) is 32.3 Å². The Bertz CT molecular complexity index is 404. The molecule has 1 aliphatic carbocycles. The van der Waals surface area contributed by atoms with Crippen LogP contribution in [0.3, 0.4) is 0 Å². The van der Waals surface area contributed by atoms with Gasteiger partial charge in [0.05, 0.1) is 5.60 Å². The predicted molar refractivity (Wildman–Crippen MR) is 61.6 cm³/mol. The molecule has 0 aromatic heterocycles. The van der Waals surface area contributed by atoms with Crippen molar-refractivity contribution in [1.29, 1.82) is 0 Å². The molecule has 1 fully saturated rings. The highest BCUT2D eigenvalue weighted by atomic mass is 19.2. The zero-order valence-corrected chi connectivity index (χ0v) is 9.84. The highest BCUT2D eigenvalue weighted by Crippen LogP contribution is 2.31. The minimum Gasteiger partial charge on any atom is -0.389 e. The summed E-state index contributed by atoms with van der Waals surface area (Å²) in [6, 6.07) is 3.84. The Morgan fingerprint density at radius 2 is 2.12 bits per heavy atom. The van der Waals surface area contributed by atoms with Crippen LogP contribution in [0.4, 0.5) is 8.78 Å². The Labute approximate surface area is 99.7 Å². The fourth-order valence-corrected chi connectivity index (χ4v) is 2.07. The third-order valence-electron chi connectivity index (χ3n) is 3.47. The molecule has 2 rings (SSSR count). The van der Waals surface area contributed by atoms with Gasteiger partial charge in [-0.2, -0.15) is 0 Å². The number of nitrogens with one attached hydrogen (secondary N) is 1. The first-order chi connectivity index (χ1) is 8.02. The monoisotopic (exact) mass is 241 g/mol. The first-order valence-electron chi connectivity index (χ1n) is 5.91. The Balaban J connectivity index is 1.99. The maximum absolute atomic E-state index is 13.5. The predicted octanol–water partition coefficient (Wildman–Crippen LogP) is 2.53. The second-order valence-electron chi connectivity index (χ2n) is 4.82. The molecule has 1 aliphatic rings. The molecule has 1 unspecified atom stereocenters. The molecule has 94 valence electrons. The van der Waals surface area contributed by atoms with E-state index in [-0.39, 0.29) is 6.04 Å². The summed E-state index contributed by atoms with van der Waals surface area (Å²) in [7, 11) is 0. The summed E-state index contributed by atoms with van der Waals surface area (Å²) in [5.41, 5.74) is -0.356. The molecule has 0 radical (unpaired) electrons. The first-order valence-corrected chi connectivity index (χ1v) is 5.91. The smallest absolute Gasteiger partial charge is 0.163 e. The molecule has 0 heterocycles. The van der Waals surface area contributed by atoms with Crippen LogP contribution < -0.4 is 5.32 Å². The van der Waals surface area contributed by atoms with E-state index in [9.17, 15) is 13.9 Å². The van der Waals surface area contributed by atoms with Gasteiger partial charge in [-0.25, -0.2) is 8.78 Å². The third-order valence-corrected chi connectivity index (χ3v) is 3.47. The van der Waals surface area contributed by atoms with Gasteiger partial charge in [-0.05, 0) is 32.3 Å². The van der Waals surface area contributed by atoms with Crippen molar-refractivity contribution < 1.29 is 13.9 Å². The van der Waals surface area contributed by atoms with Crippen molar-refractivity contribution in [1.82, 2.24) is 5.32 Å². The molecule has 2 N–H and O–H groups in total. The maximum Gasteiger partial charge on any atom is 0.163 e. The van der Waals surface area contributed by atoms with Gasteiger partial charge >= 0.3 is 0 Å². The number of benzene rings is 1. The van der Waals surface area contributed by atoms with Crippen molar-refractivity contribution in [2.75, 3.05) is 6.54 Å². The van der Waals surface area contributed by atoms with Crippen molar-refractivity contribution in [3.05, 3.63) is 35.4 Å². The minimum atomic E-state index is -0.835. The van der Waals surface area contributed by atoms with Gasteiger partial charge in [0, 0.05) is 18.2 Å². The molecule has 0 saturated heterocycles. The van der Waals surface area contributed by atoms with E-state index in [0.717, 1.165) is 25.3 Å². The van der Waals surface area contributed by atoms with Gasteiger partial charge < -0.3 is 10.4 Å². The van der Waals surface area contributed by atoms with Crippen LogP contribution in [0.15, 0.2) is 18.2 Å². The summed E-state index contributed by atoms with van der Waals surface area (Å²) >= 11 is 0. The molecular formula is C13H17F2NO. The van der Waals surface area contributed by atoms with Crippen molar-refractivity contribution in [3.8, 4) is 0 Å². The average Bonchev–Trinajstić information content (AvgIpc) is 2.27. The van der Waals surface area contributed by atoms with E-state index >= 15 is 0 Å². The van der Waals surface area contributed by atoms with Crippen LogP contribution in [-0.2, 0) is 0 Å². The Morgan fingerprint density at radius 1 is 1.41 bits per heavy atom. The summed E-state index contributed by atoms with van der Waals surface area (Å²) in [6.45, 7) is 2.18. The summed E-state index contributed by atoms with van der Waals surface area (Å²) in [5.74, 6) is -1.65. The standard InChI is InChI=1S/C13H17F2NO/c1-9(16-8-13(17)6-3-7-13)10-4-2-5-11(14)12(10)15/h2,4-5,9,16-17H,3,6-8H2,1H3. The van der Waals surface area contributed by atoms with Crippen LogP contribution in [0.25, 0.3) is 0 Å². The fourth-order valence-electron chi connectivity index (χ4n) is 2.07. The van der Waals surface area contributed by atoms with E-state index in [1.807, 2.05) is 0 Å². The third kappa shape index (κ3) is 2.64. The average molecular weight is 241 g/mol. The van der Waals surface area contributed by atoms with Gasteiger partial charge in [-0.3, -0.25) is 0 Å². The molecule has 1 saturated carbocycles. The van der Waals surface area contributed by atoms with Gasteiger partial charge in [0.2, 0.25) is 0 Å². The van der Waals surface area contributed by atoms with Crippen LogP contribution in [0.2, 0.25) is 0 Å². The summed E-state index contributed by atoms with van der Waals surface area (Å²) in [4.78, 5) is 0. The molecule has 1 aromatic rings. The van der Waals surface area contributed by atoms with Crippen molar-refractivity contribution in [3.63, 3.8) is 0 Å². The Morgan fingerprint density at radius 3 is 2.71 bits per heavy atom. The fraction of sp³-hybridized carbons (Fsp3) is 0.538. The molecule has 0 spiro atoms. The number of halogens is 2. The van der Waals surface area contributed by atoms with Gasteiger partial charge in [-0.15, -0.1) is 0 Å². The molecule has 1 atom stereocenters. The molecule has 17 heavy (non-hydrogen) atoms. The molecule has 0 bridgehead atoms. The lowest BCUT2D eigenvalue weighted by molar-refractivity contribution is -0.0330. The van der Waals surface area contributed by atoms with Gasteiger partial charge in [0.25, 0.3) is 0 Å². The van der Waals surface area contributed by atoms with Crippen LogP contribution in [-0.4, -0.2) is 17.3 Å². The lowest BCUT2D eigenvalue weighted by Gasteiger charge is -2.37. The van der Waals surface area contributed by atoms with Crippen molar-refractivity contribution >= 4 is 0 Å². The maximum atomic E-state index is 13.5. The Hall–Kier alpha value is -1.00. The van der Waals surface area contributed by atoms with E-state index in [0.29, 0.717) is 12.1 Å². The van der Waals surface area contributed by atoms with Crippen molar-refractivity contribution in [2.45, 2.75) is 37.8 Å². The van der Waals surface area contributed by atoms with Gasteiger partial charge in [0.15, 0.2) is 11.6 Å². The van der Waals surface area contributed by atoms with Gasteiger partial charge in [-0.1, -0.05) is 12.1 Å². The van der Waals surface area contributed by atoms with Crippen LogP contribution in [0.5, 0.6) is 0 Å². The van der Waals surface area contributed by atoms with Gasteiger partial charge in [0.1, 0.15) is 0 Å². The quantitative estimate of drug-likeness (QED) is 0.849. The number of aliphatic hydroxyl groups is 1. The molecule has 0 aliphatic heterocycles. The van der Waals surface area contributed by atoms with Crippen LogP contribution in [0.1, 0.15) is 37.8 Å². The van der Waals surface area contributed by atoms with Crippen molar-refractivity contribution in [2.24, 2.45) is 0 Å². The lowest BCUT2D eigenvalue weighted by Crippen LogP contribution is -2.46. The molecule has 1 aromatic carbocycles. The van der Waals surface area contributed by atoms with E-state index in [4.69, 9.17) is 0 Å². The number of rotatable bonds is 4. The first kappa shape index (κ1) is 12.5. The van der Waals surface area contributed by atoms with E-state index in [2.05, 4.69) is 5.32 Å². The summed E-state index contributed by atoms with van der Waals surface area (Å²) in [5, 5.41) is 13.0. The highest BCUT2D eigenvalue weighted by Gasteiger charge is 2.34. The zero-order valence-electron chi connectivity index (χ0n) is 9.84. The molecule has 4 heteroatoms. The zero-order chi connectivity index (χ0) is 12.5. The van der Waals surface area contributed by atoms with E-state index < -0.39 is 17.2 Å². The van der Waals surface area contributed by atoms with Crippen LogP contribution >= 0.6 is 0 Å². The second-order valence-corrected chi connectivity index (χ2v) is 4.82. The van der Waals surface area contributed by atoms with E-state index in [1.165, 1.54) is 6.07 Å².